The molecule has 1 aliphatic rings. The standard InChI is InChI=1S/C24H24ClN3O5S2/c1-13(2)11-26-16-5-7-20-17(10-16)23(35(29,30)28-24-22(25)14(3)27-33-24)21(34-20)9-15-4-6-18-19(8-15)32-12-31-18/h4-8,10,13,26,28H,9,11-12H2,1-3H3. The molecule has 8 nitrogen and oxygen atoms in total. The minimum Gasteiger partial charge on any atom is -0.454 e. The van der Waals surface area contributed by atoms with Crippen molar-refractivity contribution in [3.05, 3.63) is 57.6 Å². The first-order valence-electron chi connectivity index (χ1n) is 11.0. The maximum Gasteiger partial charge on any atom is 0.266 e. The second-order valence-electron chi connectivity index (χ2n) is 8.72. The average molecular weight is 534 g/mol. The van der Waals surface area contributed by atoms with Crippen LogP contribution < -0.4 is 19.5 Å². The highest BCUT2D eigenvalue weighted by atomic mass is 35.5. The molecule has 0 aliphatic carbocycles. The molecule has 0 amide bonds. The molecule has 0 radical (unpaired) electrons. The van der Waals surface area contributed by atoms with Crippen molar-refractivity contribution in [2.45, 2.75) is 32.1 Å². The van der Waals surface area contributed by atoms with Crippen molar-refractivity contribution >= 4 is 54.6 Å². The summed E-state index contributed by atoms with van der Waals surface area (Å²) in [5.41, 5.74) is 2.16. The number of rotatable bonds is 8. The molecule has 4 aromatic rings. The second kappa shape index (κ2) is 9.25. The first-order valence-corrected chi connectivity index (χ1v) is 13.7. The van der Waals surface area contributed by atoms with Crippen LogP contribution in [0, 0.1) is 12.8 Å². The van der Waals surface area contributed by atoms with Crippen LogP contribution in [-0.4, -0.2) is 26.9 Å². The van der Waals surface area contributed by atoms with Crippen LogP contribution >= 0.6 is 22.9 Å². The quantitative estimate of drug-likeness (QED) is 0.284. The van der Waals surface area contributed by atoms with Crippen molar-refractivity contribution in [3.63, 3.8) is 0 Å². The SMILES string of the molecule is Cc1noc(NS(=O)(=O)c2c(Cc3ccc4c(c3)OCO4)sc3ccc(NCC(C)C)cc23)c1Cl. The van der Waals surface area contributed by atoms with E-state index in [9.17, 15) is 8.42 Å². The fourth-order valence-electron chi connectivity index (χ4n) is 3.80. The number of aryl methyl sites for hydroxylation is 1. The summed E-state index contributed by atoms with van der Waals surface area (Å²) in [6.45, 7) is 6.81. The smallest absolute Gasteiger partial charge is 0.266 e. The van der Waals surface area contributed by atoms with Gasteiger partial charge in [-0.05, 0) is 48.7 Å². The number of thiophene rings is 1. The number of benzene rings is 2. The zero-order valence-corrected chi connectivity index (χ0v) is 21.7. The van der Waals surface area contributed by atoms with Crippen LogP contribution in [0.5, 0.6) is 11.5 Å². The number of anilines is 2. The molecule has 3 heterocycles. The summed E-state index contributed by atoms with van der Waals surface area (Å²) in [6.07, 6.45) is 0.393. The summed E-state index contributed by atoms with van der Waals surface area (Å²) in [6, 6.07) is 11.4. The molecule has 0 saturated carbocycles. The third-order valence-corrected chi connectivity index (χ3v) is 8.72. The number of hydrogen-bond donors (Lipinski definition) is 2. The van der Waals surface area contributed by atoms with Crippen molar-refractivity contribution in [3.8, 4) is 11.5 Å². The van der Waals surface area contributed by atoms with E-state index in [1.165, 1.54) is 11.3 Å². The summed E-state index contributed by atoms with van der Waals surface area (Å²) < 4.78 is 46.8. The Balaban J connectivity index is 1.59. The lowest BCUT2D eigenvalue weighted by molar-refractivity contribution is 0.174. The Morgan fingerprint density at radius 3 is 2.69 bits per heavy atom. The van der Waals surface area contributed by atoms with Crippen LogP contribution in [0.4, 0.5) is 11.6 Å². The van der Waals surface area contributed by atoms with E-state index in [2.05, 4.69) is 29.0 Å². The van der Waals surface area contributed by atoms with Gasteiger partial charge in [-0.1, -0.05) is 36.7 Å². The molecule has 0 bridgehead atoms. The van der Waals surface area contributed by atoms with Crippen molar-refractivity contribution in [2.75, 3.05) is 23.4 Å². The summed E-state index contributed by atoms with van der Waals surface area (Å²) in [7, 11) is -4.06. The predicted molar refractivity (Wildman–Crippen MR) is 138 cm³/mol. The lowest BCUT2D eigenvalue weighted by Gasteiger charge is -2.11. The minimum atomic E-state index is -4.06. The average Bonchev–Trinajstić information content (AvgIpc) is 3.50. The molecule has 2 aromatic heterocycles. The van der Waals surface area contributed by atoms with E-state index in [4.69, 9.17) is 25.6 Å². The van der Waals surface area contributed by atoms with Gasteiger partial charge in [0, 0.05) is 33.6 Å². The first kappa shape index (κ1) is 23.8. The lowest BCUT2D eigenvalue weighted by atomic mass is 10.1. The highest BCUT2D eigenvalue weighted by Crippen LogP contribution is 2.40. The van der Waals surface area contributed by atoms with Crippen molar-refractivity contribution in [2.24, 2.45) is 5.92 Å². The van der Waals surface area contributed by atoms with E-state index in [0.717, 1.165) is 22.5 Å². The highest BCUT2D eigenvalue weighted by molar-refractivity contribution is 7.93. The third kappa shape index (κ3) is 4.78. The normalized spacial score (nSPS) is 13.1. The zero-order chi connectivity index (χ0) is 24.7. The predicted octanol–water partition coefficient (Wildman–Crippen LogP) is 6.04. The van der Waals surface area contributed by atoms with Gasteiger partial charge >= 0.3 is 0 Å². The Bertz CT molecular complexity index is 1510. The number of ether oxygens (including phenoxy) is 2. The largest absolute Gasteiger partial charge is 0.454 e. The van der Waals surface area contributed by atoms with Gasteiger partial charge in [0.2, 0.25) is 6.79 Å². The molecule has 1 aliphatic heterocycles. The number of aromatic nitrogens is 1. The molecule has 2 aromatic carbocycles. The van der Waals surface area contributed by atoms with Crippen LogP contribution in [0.25, 0.3) is 10.1 Å². The number of halogens is 1. The molecule has 35 heavy (non-hydrogen) atoms. The van der Waals surface area contributed by atoms with Crippen LogP contribution in [0.15, 0.2) is 45.8 Å². The summed E-state index contributed by atoms with van der Waals surface area (Å²) in [5.74, 6) is 1.66. The fraction of sp³-hybridized carbons (Fsp3) is 0.292. The van der Waals surface area contributed by atoms with E-state index in [0.29, 0.717) is 39.8 Å². The molecular weight excluding hydrogens is 510 g/mol. The molecule has 11 heteroatoms. The van der Waals surface area contributed by atoms with Gasteiger partial charge in [0.1, 0.15) is 15.6 Å². The fourth-order valence-corrected chi connectivity index (χ4v) is 6.92. The molecule has 0 spiro atoms. The topological polar surface area (TPSA) is 103 Å². The van der Waals surface area contributed by atoms with Gasteiger partial charge in [0.15, 0.2) is 11.5 Å². The van der Waals surface area contributed by atoms with Crippen molar-refractivity contribution < 1.29 is 22.4 Å². The second-order valence-corrected chi connectivity index (χ2v) is 11.9. The first-order chi connectivity index (χ1) is 16.7. The zero-order valence-electron chi connectivity index (χ0n) is 19.3. The van der Waals surface area contributed by atoms with Gasteiger partial charge in [0.05, 0.1) is 0 Å². The molecule has 0 saturated heterocycles. The Morgan fingerprint density at radius 2 is 1.94 bits per heavy atom. The number of hydrogen-bond acceptors (Lipinski definition) is 8. The Morgan fingerprint density at radius 1 is 1.14 bits per heavy atom. The number of fused-ring (bicyclic) bond motifs is 2. The van der Waals surface area contributed by atoms with Gasteiger partial charge in [-0.2, -0.15) is 0 Å². The van der Waals surface area contributed by atoms with E-state index in [1.807, 2.05) is 36.4 Å². The van der Waals surface area contributed by atoms with E-state index in [-0.39, 0.29) is 22.6 Å². The Kier molecular flexibility index (Phi) is 6.29. The number of sulfonamides is 1. The van der Waals surface area contributed by atoms with E-state index >= 15 is 0 Å². The van der Waals surface area contributed by atoms with Crippen LogP contribution in [0.1, 0.15) is 30.0 Å². The van der Waals surface area contributed by atoms with Gasteiger partial charge in [0.25, 0.3) is 15.9 Å². The minimum absolute atomic E-state index is 0.105. The van der Waals surface area contributed by atoms with Gasteiger partial charge < -0.3 is 19.3 Å². The molecule has 2 N–H and O–H groups in total. The highest BCUT2D eigenvalue weighted by Gasteiger charge is 2.28. The lowest BCUT2D eigenvalue weighted by Crippen LogP contribution is -2.14. The number of nitrogens with one attached hydrogen (secondary N) is 2. The van der Waals surface area contributed by atoms with Gasteiger partial charge in [-0.25, -0.2) is 13.1 Å². The molecule has 0 unspecified atom stereocenters. The molecular formula is C24H24ClN3O5S2. The Labute approximate surface area is 212 Å². The van der Waals surface area contributed by atoms with Crippen molar-refractivity contribution in [1.82, 2.24) is 5.16 Å². The third-order valence-electron chi connectivity index (χ3n) is 5.51. The molecule has 5 rings (SSSR count). The van der Waals surface area contributed by atoms with Gasteiger partial charge in [-0.3, -0.25) is 0 Å². The maximum atomic E-state index is 13.7. The summed E-state index contributed by atoms with van der Waals surface area (Å²) in [4.78, 5) is 0.869. The van der Waals surface area contributed by atoms with Crippen LogP contribution in [0.2, 0.25) is 5.02 Å². The Hall–Kier alpha value is -2.95. The maximum absolute atomic E-state index is 13.7. The molecule has 0 atom stereocenters. The summed E-state index contributed by atoms with van der Waals surface area (Å²) in [5, 5.41) is 7.88. The van der Waals surface area contributed by atoms with Gasteiger partial charge in [-0.15, -0.1) is 11.3 Å². The van der Waals surface area contributed by atoms with Crippen molar-refractivity contribution in [1.29, 1.82) is 0 Å². The monoisotopic (exact) mass is 533 g/mol. The van der Waals surface area contributed by atoms with E-state index < -0.39 is 10.0 Å². The number of nitrogens with zero attached hydrogens (tertiary/aromatic N) is 1. The van der Waals surface area contributed by atoms with Crippen LogP contribution in [-0.2, 0) is 16.4 Å². The molecule has 0 fully saturated rings. The molecule has 184 valence electrons. The summed E-state index contributed by atoms with van der Waals surface area (Å²) >= 11 is 7.63. The van der Waals surface area contributed by atoms with E-state index in [1.54, 1.807) is 6.92 Å². The van der Waals surface area contributed by atoms with Crippen LogP contribution in [0.3, 0.4) is 0 Å².